The minimum absolute atomic E-state index is 0.0859. The molecule has 0 saturated carbocycles. The van der Waals surface area contributed by atoms with Gasteiger partial charge in [0.25, 0.3) is 0 Å². The van der Waals surface area contributed by atoms with Crippen molar-refractivity contribution in [1.82, 2.24) is 0 Å². The number of unbranched alkanes of at least 4 members (excludes halogenated alkanes) is 26. The number of esters is 3. The number of carbonyl (C=O) groups excluding carboxylic acids is 3. The molecular formula is C52H92O6. The molecule has 0 aliphatic heterocycles. The van der Waals surface area contributed by atoms with Gasteiger partial charge in [0.1, 0.15) is 13.2 Å². The third-order valence-electron chi connectivity index (χ3n) is 10.6. The Morgan fingerprint density at radius 1 is 0.345 bits per heavy atom. The minimum Gasteiger partial charge on any atom is -0.462 e. The van der Waals surface area contributed by atoms with Gasteiger partial charge in [0.05, 0.1) is 0 Å². The first-order valence-electron chi connectivity index (χ1n) is 24.7. The van der Waals surface area contributed by atoms with Gasteiger partial charge < -0.3 is 14.2 Å². The predicted molar refractivity (Wildman–Crippen MR) is 247 cm³/mol. The number of hydrogen-bond donors (Lipinski definition) is 0. The van der Waals surface area contributed by atoms with Gasteiger partial charge in [-0.3, -0.25) is 14.4 Å². The Hall–Kier alpha value is -2.63. The van der Waals surface area contributed by atoms with Gasteiger partial charge >= 0.3 is 17.9 Å². The molecule has 0 rings (SSSR count). The Morgan fingerprint density at radius 3 is 1.02 bits per heavy atom. The van der Waals surface area contributed by atoms with Crippen LogP contribution in [0, 0.1) is 0 Å². The molecule has 1 unspecified atom stereocenters. The summed E-state index contributed by atoms with van der Waals surface area (Å²) in [5.41, 5.74) is 0. The van der Waals surface area contributed by atoms with Crippen molar-refractivity contribution in [3.05, 3.63) is 48.6 Å². The first-order chi connectivity index (χ1) is 28.5. The maximum absolute atomic E-state index is 12.7. The average Bonchev–Trinajstić information content (AvgIpc) is 3.22. The molecule has 0 aromatic heterocycles. The summed E-state index contributed by atoms with van der Waals surface area (Å²) in [7, 11) is 0. The van der Waals surface area contributed by atoms with E-state index in [1.165, 1.54) is 109 Å². The van der Waals surface area contributed by atoms with E-state index in [1.807, 2.05) is 0 Å². The molecule has 58 heavy (non-hydrogen) atoms. The van der Waals surface area contributed by atoms with Crippen LogP contribution in [-0.4, -0.2) is 37.2 Å². The lowest BCUT2D eigenvalue weighted by molar-refractivity contribution is -0.167. The van der Waals surface area contributed by atoms with E-state index in [-0.39, 0.29) is 31.1 Å². The molecule has 0 amide bonds. The number of rotatable bonds is 44. The molecule has 0 bridgehead atoms. The largest absolute Gasteiger partial charge is 0.462 e. The lowest BCUT2D eigenvalue weighted by Crippen LogP contribution is -2.30. The molecule has 0 aliphatic rings. The lowest BCUT2D eigenvalue weighted by atomic mass is 10.1. The summed E-state index contributed by atoms with van der Waals surface area (Å²) in [6.45, 7) is 6.53. The van der Waals surface area contributed by atoms with Crippen molar-refractivity contribution in [3.63, 3.8) is 0 Å². The molecule has 0 heterocycles. The molecule has 0 aliphatic carbocycles. The number of allylic oxidation sites excluding steroid dienone is 8. The van der Waals surface area contributed by atoms with Crippen molar-refractivity contribution >= 4 is 17.9 Å². The summed E-state index contributed by atoms with van der Waals surface area (Å²) in [6.07, 6.45) is 55.2. The van der Waals surface area contributed by atoms with Crippen LogP contribution in [0.2, 0.25) is 0 Å². The van der Waals surface area contributed by atoms with Gasteiger partial charge in [0.15, 0.2) is 6.10 Å². The van der Waals surface area contributed by atoms with Crippen molar-refractivity contribution in [2.24, 2.45) is 0 Å². The summed E-state index contributed by atoms with van der Waals surface area (Å²) in [6, 6.07) is 0. The first-order valence-corrected chi connectivity index (χ1v) is 24.7. The number of carbonyl (C=O) groups is 3. The molecule has 0 aromatic carbocycles. The van der Waals surface area contributed by atoms with E-state index < -0.39 is 6.10 Å². The molecule has 0 aromatic rings. The van der Waals surface area contributed by atoms with Gasteiger partial charge in [-0.2, -0.15) is 0 Å². The van der Waals surface area contributed by atoms with Crippen molar-refractivity contribution < 1.29 is 28.6 Å². The summed E-state index contributed by atoms with van der Waals surface area (Å²) >= 11 is 0. The Morgan fingerprint density at radius 2 is 0.638 bits per heavy atom. The van der Waals surface area contributed by atoms with Gasteiger partial charge in [-0.1, -0.05) is 191 Å². The van der Waals surface area contributed by atoms with Crippen LogP contribution in [-0.2, 0) is 28.6 Å². The highest BCUT2D eigenvalue weighted by Crippen LogP contribution is 2.14. The molecule has 0 saturated heterocycles. The van der Waals surface area contributed by atoms with Crippen molar-refractivity contribution in [1.29, 1.82) is 0 Å². The second-order valence-electron chi connectivity index (χ2n) is 16.4. The first kappa shape index (κ1) is 55.4. The van der Waals surface area contributed by atoms with Gasteiger partial charge in [-0.15, -0.1) is 0 Å². The molecule has 0 radical (unpaired) electrons. The maximum atomic E-state index is 12.7. The van der Waals surface area contributed by atoms with E-state index in [0.717, 1.165) is 96.3 Å². The van der Waals surface area contributed by atoms with Crippen LogP contribution in [0.15, 0.2) is 48.6 Å². The smallest absolute Gasteiger partial charge is 0.306 e. The van der Waals surface area contributed by atoms with Crippen LogP contribution in [0.1, 0.15) is 245 Å². The molecule has 0 spiro atoms. The third kappa shape index (κ3) is 44.5. The summed E-state index contributed by atoms with van der Waals surface area (Å²) in [5, 5.41) is 0. The zero-order valence-corrected chi connectivity index (χ0v) is 38.3. The highest BCUT2D eigenvalue weighted by Gasteiger charge is 2.19. The van der Waals surface area contributed by atoms with E-state index >= 15 is 0 Å². The fourth-order valence-electron chi connectivity index (χ4n) is 6.75. The van der Waals surface area contributed by atoms with Gasteiger partial charge in [-0.05, 0) is 83.5 Å². The second-order valence-corrected chi connectivity index (χ2v) is 16.4. The fraction of sp³-hybridized carbons (Fsp3) is 0.788. The van der Waals surface area contributed by atoms with Crippen LogP contribution < -0.4 is 0 Å². The van der Waals surface area contributed by atoms with E-state index in [2.05, 4.69) is 69.4 Å². The predicted octanol–water partition coefficient (Wildman–Crippen LogP) is 15.9. The molecule has 6 heteroatoms. The summed E-state index contributed by atoms with van der Waals surface area (Å²) < 4.78 is 16.7. The van der Waals surface area contributed by atoms with Crippen molar-refractivity contribution in [3.8, 4) is 0 Å². The van der Waals surface area contributed by atoms with Crippen LogP contribution in [0.5, 0.6) is 0 Å². The summed E-state index contributed by atoms with van der Waals surface area (Å²) in [5.74, 6) is -0.919. The Labute approximate surface area is 358 Å². The maximum Gasteiger partial charge on any atom is 0.306 e. The highest BCUT2D eigenvalue weighted by atomic mass is 16.6. The van der Waals surface area contributed by atoms with Crippen molar-refractivity contribution in [2.45, 2.75) is 252 Å². The normalized spacial score (nSPS) is 12.4. The molecular weight excluding hydrogens is 721 g/mol. The minimum atomic E-state index is -0.784. The molecule has 0 fully saturated rings. The van der Waals surface area contributed by atoms with E-state index in [4.69, 9.17) is 14.2 Å². The van der Waals surface area contributed by atoms with E-state index in [1.54, 1.807) is 0 Å². The SMILES string of the molecule is CCCC/C=C\CCCCCCCC(=O)OCC(COC(=O)CCCCCCC/C=C\C=C/CCCCCCCCC)OC(=O)CCCCCCC/C=C\CCCC. The van der Waals surface area contributed by atoms with Gasteiger partial charge in [-0.25, -0.2) is 0 Å². The van der Waals surface area contributed by atoms with Crippen LogP contribution in [0.4, 0.5) is 0 Å². The molecule has 0 N–H and O–H groups in total. The lowest BCUT2D eigenvalue weighted by Gasteiger charge is -2.18. The fourth-order valence-corrected chi connectivity index (χ4v) is 6.75. The molecule has 1 atom stereocenters. The molecule has 6 nitrogen and oxygen atoms in total. The van der Waals surface area contributed by atoms with Crippen LogP contribution >= 0.6 is 0 Å². The topological polar surface area (TPSA) is 78.9 Å². The van der Waals surface area contributed by atoms with Crippen LogP contribution in [0.3, 0.4) is 0 Å². The quantitative estimate of drug-likeness (QED) is 0.0200. The highest BCUT2D eigenvalue weighted by molar-refractivity contribution is 5.71. The zero-order valence-electron chi connectivity index (χ0n) is 38.3. The number of hydrogen-bond acceptors (Lipinski definition) is 6. The van der Waals surface area contributed by atoms with Gasteiger partial charge in [0.2, 0.25) is 0 Å². The summed E-state index contributed by atoms with van der Waals surface area (Å²) in [4.78, 5) is 37.8. The Balaban J connectivity index is 4.36. The Bertz CT molecular complexity index is 1030. The zero-order chi connectivity index (χ0) is 42.3. The second kappa shape index (κ2) is 47.1. The van der Waals surface area contributed by atoms with E-state index in [0.29, 0.717) is 19.3 Å². The van der Waals surface area contributed by atoms with E-state index in [9.17, 15) is 14.4 Å². The third-order valence-corrected chi connectivity index (χ3v) is 10.6. The van der Waals surface area contributed by atoms with Gasteiger partial charge in [0, 0.05) is 19.3 Å². The van der Waals surface area contributed by atoms with Crippen molar-refractivity contribution in [2.75, 3.05) is 13.2 Å². The Kier molecular flexibility index (Phi) is 44.9. The monoisotopic (exact) mass is 813 g/mol. The average molecular weight is 813 g/mol. The molecule has 336 valence electrons. The number of ether oxygens (including phenoxy) is 3. The standard InChI is InChI=1S/C52H92O6/c1-4-7-10-13-16-19-22-23-24-25-26-27-28-31-33-36-39-42-45-51(54)57-48-49(58-52(55)46-43-40-37-34-30-21-18-15-12-9-6-3)47-56-50(53)44-41-38-35-32-29-20-17-14-11-8-5-2/h14-15,17-18,24-27,49H,4-13,16,19-23,28-48H2,1-3H3/b17-14-,18-15-,25-24-,27-26-. The van der Waals surface area contributed by atoms with Crippen LogP contribution in [0.25, 0.3) is 0 Å².